The van der Waals surface area contributed by atoms with E-state index in [1.807, 2.05) is 6.08 Å². The molecule has 0 aliphatic rings. The maximum Gasteiger partial charge on any atom is 0.305 e. The van der Waals surface area contributed by atoms with Crippen LogP contribution in [0.1, 0.15) is 406 Å². The fourth-order valence-corrected chi connectivity index (χ4v) is 11.5. The van der Waals surface area contributed by atoms with E-state index < -0.39 is 12.1 Å². The van der Waals surface area contributed by atoms with Gasteiger partial charge in [0, 0.05) is 12.8 Å². The van der Waals surface area contributed by atoms with Crippen LogP contribution in [-0.2, 0) is 14.3 Å². The average Bonchev–Trinajstić information content (AvgIpc) is 3.45. The SMILES string of the molecule is CCCCCCCC/C=C\CCCCCCCCCCCC(=O)OCCCCCCCCCCCCCCCCCCCCCCCCCCCCCC(=O)NC(CO)C(O)/C=C/CCCCCCCCCCCCCCCC. The normalized spacial score (nSPS) is 12.6. The molecule has 79 heavy (non-hydrogen) atoms. The Bertz CT molecular complexity index is 1230. The van der Waals surface area contributed by atoms with E-state index in [0.717, 1.165) is 38.5 Å². The summed E-state index contributed by atoms with van der Waals surface area (Å²) >= 11 is 0. The highest BCUT2D eigenvalue weighted by atomic mass is 16.5. The van der Waals surface area contributed by atoms with E-state index in [1.54, 1.807) is 6.08 Å². The molecule has 6 nitrogen and oxygen atoms in total. The van der Waals surface area contributed by atoms with Gasteiger partial charge in [-0.15, -0.1) is 0 Å². The summed E-state index contributed by atoms with van der Waals surface area (Å²) in [6.45, 7) is 4.94. The van der Waals surface area contributed by atoms with Gasteiger partial charge >= 0.3 is 5.97 Å². The minimum Gasteiger partial charge on any atom is -0.466 e. The molecule has 2 unspecified atom stereocenters. The number of carbonyl (C=O) groups is 2. The Morgan fingerprint density at radius 1 is 0.342 bits per heavy atom. The molecule has 0 fully saturated rings. The minimum atomic E-state index is -0.842. The Kier molecular flexibility index (Phi) is 67.4. The topological polar surface area (TPSA) is 95.9 Å². The number of unbranched alkanes of at least 4 members (excludes halogenated alkanes) is 55. The van der Waals surface area contributed by atoms with Gasteiger partial charge in [-0.05, 0) is 57.8 Å². The lowest BCUT2D eigenvalue weighted by atomic mass is 10.0. The van der Waals surface area contributed by atoms with Gasteiger partial charge in [-0.3, -0.25) is 9.59 Å². The van der Waals surface area contributed by atoms with Crippen LogP contribution in [0, 0.1) is 0 Å². The van der Waals surface area contributed by atoms with Crippen LogP contribution >= 0.6 is 0 Å². The fourth-order valence-electron chi connectivity index (χ4n) is 11.5. The first-order valence-electron chi connectivity index (χ1n) is 36.1. The van der Waals surface area contributed by atoms with E-state index in [-0.39, 0.29) is 18.5 Å². The summed E-state index contributed by atoms with van der Waals surface area (Å²) in [4.78, 5) is 24.6. The van der Waals surface area contributed by atoms with E-state index >= 15 is 0 Å². The standard InChI is InChI=1S/C73H141NO5/c1-3-5-7-9-11-13-15-17-19-21-31-35-39-43-47-51-55-59-63-67-73(78)79-68-64-60-56-52-48-44-40-36-33-30-28-26-24-22-23-25-27-29-32-34-38-42-46-50-54-58-62-66-72(77)74-70(69-75)71(76)65-61-57-53-49-45-41-37-20-18-16-14-12-10-8-6-4-2/h17,19,61,65,70-71,75-76H,3-16,18,20-60,62-64,66-69H2,1-2H3,(H,74,77)/b19-17-,65-61+. The van der Waals surface area contributed by atoms with Crippen molar-refractivity contribution in [1.82, 2.24) is 5.32 Å². The third kappa shape index (κ3) is 65.4. The van der Waals surface area contributed by atoms with Gasteiger partial charge in [0.25, 0.3) is 0 Å². The zero-order valence-electron chi connectivity index (χ0n) is 53.6. The van der Waals surface area contributed by atoms with Gasteiger partial charge in [0.2, 0.25) is 5.91 Å². The number of nitrogens with one attached hydrogen (secondary N) is 1. The van der Waals surface area contributed by atoms with Crippen molar-refractivity contribution in [3.8, 4) is 0 Å². The highest BCUT2D eigenvalue weighted by Crippen LogP contribution is 2.19. The highest BCUT2D eigenvalue weighted by molar-refractivity contribution is 5.76. The van der Waals surface area contributed by atoms with Crippen molar-refractivity contribution in [1.29, 1.82) is 0 Å². The summed E-state index contributed by atoms with van der Waals surface area (Å²) in [6.07, 6.45) is 86.9. The molecule has 468 valence electrons. The molecular formula is C73H141NO5. The second-order valence-electron chi connectivity index (χ2n) is 24.9. The van der Waals surface area contributed by atoms with Crippen molar-refractivity contribution in [2.45, 2.75) is 418 Å². The Balaban J connectivity index is 3.35. The highest BCUT2D eigenvalue weighted by Gasteiger charge is 2.18. The van der Waals surface area contributed by atoms with Crippen LogP contribution in [0.25, 0.3) is 0 Å². The first-order chi connectivity index (χ1) is 39.0. The monoisotopic (exact) mass is 1110 g/mol. The molecule has 2 atom stereocenters. The maximum atomic E-state index is 12.5. The molecule has 0 radical (unpaired) electrons. The summed E-state index contributed by atoms with van der Waals surface area (Å²) in [5.41, 5.74) is 0. The van der Waals surface area contributed by atoms with Crippen molar-refractivity contribution in [3.63, 3.8) is 0 Å². The van der Waals surface area contributed by atoms with E-state index in [1.165, 1.54) is 340 Å². The molecule has 3 N–H and O–H groups in total. The number of aliphatic hydroxyl groups is 2. The maximum absolute atomic E-state index is 12.5. The molecule has 0 saturated heterocycles. The number of carbonyl (C=O) groups excluding carboxylic acids is 2. The summed E-state index contributed by atoms with van der Waals surface area (Å²) < 4.78 is 5.51. The van der Waals surface area contributed by atoms with E-state index in [4.69, 9.17) is 4.74 Å². The molecule has 0 aromatic carbocycles. The molecule has 0 aromatic heterocycles. The molecule has 0 bridgehead atoms. The Morgan fingerprint density at radius 2 is 0.595 bits per heavy atom. The van der Waals surface area contributed by atoms with Crippen LogP contribution in [0.3, 0.4) is 0 Å². The molecule has 0 aromatic rings. The van der Waals surface area contributed by atoms with Crippen LogP contribution in [0.15, 0.2) is 24.3 Å². The second kappa shape index (κ2) is 68.8. The number of hydrogen-bond donors (Lipinski definition) is 3. The number of aliphatic hydroxyl groups excluding tert-OH is 2. The predicted octanol–water partition coefficient (Wildman–Crippen LogP) is 23.3. The predicted molar refractivity (Wildman–Crippen MR) is 347 cm³/mol. The number of ether oxygens (including phenoxy) is 1. The Labute approximate surface area is 494 Å². The van der Waals surface area contributed by atoms with Crippen LogP contribution in [0.2, 0.25) is 0 Å². The number of allylic oxidation sites excluding steroid dienone is 3. The van der Waals surface area contributed by atoms with Crippen LogP contribution < -0.4 is 5.32 Å². The van der Waals surface area contributed by atoms with Gasteiger partial charge < -0.3 is 20.3 Å². The lowest BCUT2D eigenvalue weighted by molar-refractivity contribution is -0.143. The number of esters is 1. The quantitative estimate of drug-likeness (QED) is 0.0320. The third-order valence-electron chi connectivity index (χ3n) is 17.0. The molecule has 0 saturated carbocycles. The zero-order valence-corrected chi connectivity index (χ0v) is 53.6. The van der Waals surface area contributed by atoms with E-state index in [0.29, 0.717) is 19.4 Å². The van der Waals surface area contributed by atoms with Gasteiger partial charge in [0.15, 0.2) is 0 Å². The molecule has 0 heterocycles. The average molecular weight is 1110 g/mol. The minimum absolute atomic E-state index is 0.0181. The summed E-state index contributed by atoms with van der Waals surface area (Å²) in [7, 11) is 0. The van der Waals surface area contributed by atoms with E-state index in [2.05, 4.69) is 31.3 Å². The molecular weight excluding hydrogens is 971 g/mol. The van der Waals surface area contributed by atoms with Crippen molar-refractivity contribution in [3.05, 3.63) is 24.3 Å². The van der Waals surface area contributed by atoms with Gasteiger partial charge in [-0.2, -0.15) is 0 Å². The van der Waals surface area contributed by atoms with Gasteiger partial charge in [-0.1, -0.05) is 359 Å². The van der Waals surface area contributed by atoms with Gasteiger partial charge in [-0.25, -0.2) is 0 Å². The smallest absolute Gasteiger partial charge is 0.305 e. The fraction of sp³-hybridized carbons (Fsp3) is 0.918. The van der Waals surface area contributed by atoms with E-state index in [9.17, 15) is 19.8 Å². The van der Waals surface area contributed by atoms with Crippen molar-refractivity contribution >= 4 is 11.9 Å². The van der Waals surface area contributed by atoms with Crippen LogP contribution in [-0.4, -0.2) is 47.4 Å². The molecule has 0 aliphatic heterocycles. The van der Waals surface area contributed by atoms with Gasteiger partial charge in [0.1, 0.15) is 0 Å². The van der Waals surface area contributed by atoms with Crippen molar-refractivity contribution in [2.24, 2.45) is 0 Å². The summed E-state index contributed by atoms with van der Waals surface area (Å²) in [6, 6.07) is -0.626. The molecule has 0 aliphatic carbocycles. The first kappa shape index (κ1) is 77.3. The third-order valence-corrected chi connectivity index (χ3v) is 17.0. The van der Waals surface area contributed by atoms with Crippen LogP contribution in [0.5, 0.6) is 0 Å². The second-order valence-corrected chi connectivity index (χ2v) is 24.9. The van der Waals surface area contributed by atoms with Crippen LogP contribution in [0.4, 0.5) is 0 Å². The zero-order chi connectivity index (χ0) is 57.1. The lowest BCUT2D eigenvalue weighted by Crippen LogP contribution is -2.45. The lowest BCUT2D eigenvalue weighted by Gasteiger charge is -2.20. The largest absolute Gasteiger partial charge is 0.466 e. The molecule has 1 amide bonds. The number of amides is 1. The Morgan fingerprint density at radius 3 is 0.899 bits per heavy atom. The number of rotatable bonds is 68. The summed E-state index contributed by atoms with van der Waals surface area (Å²) in [5, 5.41) is 23.2. The first-order valence-corrected chi connectivity index (χ1v) is 36.1. The summed E-state index contributed by atoms with van der Waals surface area (Å²) in [5.74, 6) is -0.0442. The Hall–Kier alpha value is -1.66. The van der Waals surface area contributed by atoms with Crippen molar-refractivity contribution in [2.75, 3.05) is 13.2 Å². The molecule has 6 heteroatoms. The number of hydrogen-bond acceptors (Lipinski definition) is 5. The van der Waals surface area contributed by atoms with Gasteiger partial charge in [0.05, 0.1) is 25.4 Å². The molecule has 0 rings (SSSR count). The van der Waals surface area contributed by atoms with Crippen molar-refractivity contribution < 1.29 is 24.5 Å². The molecule has 0 spiro atoms.